The first-order chi connectivity index (χ1) is 7.19. The van der Waals surface area contributed by atoms with Crippen LogP contribution in [-0.4, -0.2) is 25.7 Å². The highest BCUT2D eigenvalue weighted by Crippen LogP contribution is 2.21. The van der Waals surface area contributed by atoms with Gasteiger partial charge in [-0.05, 0) is 28.1 Å². The van der Waals surface area contributed by atoms with Gasteiger partial charge in [0.1, 0.15) is 6.04 Å². The van der Waals surface area contributed by atoms with Crippen molar-refractivity contribution in [1.29, 1.82) is 0 Å². The van der Waals surface area contributed by atoms with Crippen molar-refractivity contribution in [1.82, 2.24) is 0 Å². The largest absolute Gasteiger partial charge is 0.467 e. The summed E-state index contributed by atoms with van der Waals surface area (Å²) >= 11 is 3.37. The fraction of sp³-hybridized carbons (Fsp3) is 0.300. The molecule has 0 aromatic heterocycles. The number of nitrogens with one attached hydrogen (secondary N) is 1. The summed E-state index contributed by atoms with van der Waals surface area (Å²) in [6.45, 7) is 0.188. The van der Waals surface area contributed by atoms with Gasteiger partial charge in [0.25, 0.3) is 0 Å². The van der Waals surface area contributed by atoms with Gasteiger partial charge in [0, 0.05) is 16.7 Å². The van der Waals surface area contributed by atoms with Crippen molar-refractivity contribution in [3.05, 3.63) is 28.7 Å². The van der Waals surface area contributed by atoms with E-state index in [0.717, 1.165) is 10.2 Å². The summed E-state index contributed by atoms with van der Waals surface area (Å²) in [5, 5.41) is 3.00. The molecule has 0 radical (unpaired) electrons. The first kappa shape index (κ1) is 12.0. The Kier molecular flexibility index (Phi) is 4.58. The third-order valence-corrected chi connectivity index (χ3v) is 2.62. The van der Waals surface area contributed by atoms with Crippen LogP contribution >= 0.6 is 15.9 Å². The van der Waals surface area contributed by atoms with E-state index in [9.17, 15) is 4.79 Å². The Bertz CT molecular complexity index is 344. The molecule has 0 saturated carbocycles. The maximum atomic E-state index is 11.3. The molecule has 0 fully saturated rings. The highest BCUT2D eigenvalue weighted by Gasteiger charge is 2.17. The van der Waals surface area contributed by atoms with E-state index in [-0.39, 0.29) is 12.5 Å². The van der Waals surface area contributed by atoms with Gasteiger partial charge >= 0.3 is 5.97 Å². The minimum absolute atomic E-state index is 0.188. The number of hydrogen-bond donors (Lipinski definition) is 2. The summed E-state index contributed by atoms with van der Waals surface area (Å²) in [6.07, 6.45) is 0. The highest BCUT2D eigenvalue weighted by atomic mass is 79.9. The molecule has 0 aliphatic heterocycles. The molecule has 5 heteroatoms. The van der Waals surface area contributed by atoms with Crippen LogP contribution in [0.3, 0.4) is 0 Å². The standard InChI is InChI=1S/C10H13BrN2O2/c1-15-10(14)9(6-12)13-8-5-3-2-4-7(8)11/h2-5,9,13H,6,12H2,1H3. The number of halogens is 1. The van der Waals surface area contributed by atoms with Crippen LogP contribution in [0.1, 0.15) is 0 Å². The van der Waals surface area contributed by atoms with E-state index in [1.807, 2.05) is 24.3 Å². The van der Waals surface area contributed by atoms with Crippen LogP contribution in [0.15, 0.2) is 28.7 Å². The number of esters is 1. The third-order valence-electron chi connectivity index (χ3n) is 1.92. The molecular weight excluding hydrogens is 260 g/mol. The number of ether oxygens (including phenoxy) is 1. The number of rotatable bonds is 4. The molecule has 0 spiro atoms. The zero-order valence-electron chi connectivity index (χ0n) is 8.37. The van der Waals surface area contributed by atoms with Gasteiger partial charge in [-0.25, -0.2) is 4.79 Å². The van der Waals surface area contributed by atoms with Crippen LogP contribution in [0, 0.1) is 0 Å². The van der Waals surface area contributed by atoms with Crippen molar-refractivity contribution in [3.63, 3.8) is 0 Å². The normalized spacial score (nSPS) is 11.9. The lowest BCUT2D eigenvalue weighted by Crippen LogP contribution is -2.37. The summed E-state index contributed by atoms with van der Waals surface area (Å²) in [6, 6.07) is 6.99. The summed E-state index contributed by atoms with van der Waals surface area (Å²) in [7, 11) is 1.34. The summed E-state index contributed by atoms with van der Waals surface area (Å²) < 4.78 is 5.50. The molecule has 1 rings (SSSR count). The first-order valence-corrected chi connectivity index (χ1v) is 5.27. The van der Waals surface area contributed by atoms with Crippen molar-refractivity contribution < 1.29 is 9.53 Å². The molecule has 15 heavy (non-hydrogen) atoms. The minimum Gasteiger partial charge on any atom is -0.467 e. The Hall–Kier alpha value is -1.07. The maximum Gasteiger partial charge on any atom is 0.329 e. The van der Waals surface area contributed by atoms with Crippen molar-refractivity contribution in [2.75, 3.05) is 19.0 Å². The van der Waals surface area contributed by atoms with Crippen molar-refractivity contribution in [2.45, 2.75) is 6.04 Å². The molecule has 1 unspecified atom stereocenters. The van der Waals surface area contributed by atoms with E-state index in [1.54, 1.807) is 0 Å². The summed E-state index contributed by atoms with van der Waals surface area (Å²) in [5.74, 6) is -0.367. The number of hydrogen-bond acceptors (Lipinski definition) is 4. The van der Waals surface area contributed by atoms with Gasteiger partial charge in [-0.1, -0.05) is 12.1 Å². The number of anilines is 1. The van der Waals surface area contributed by atoms with E-state index < -0.39 is 6.04 Å². The maximum absolute atomic E-state index is 11.3. The molecule has 0 heterocycles. The van der Waals surface area contributed by atoms with Crippen LogP contribution in [-0.2, 0) is 9.53 Å². The zero-order chi connectivity index (χ0) is 11.3. The number of carbonyl (C=O) groups excluding carboxylic acids is 1. The first-order valence-electron chi connectivity index (χ1n) is 4.48. The molecule has 82 valence electrons. The molecular formula is C10H13BrN2O2. The fourth-order valence-corrected chi connectivity index (χ4v) is 1.52. The monoisotopic (exact) mass is 272 g/mol. The van der Waals surface area contributed by atoms with Crippen LogP contribution in [0.2, 0.25) is 0 Å². The Balaban J connectivity index is 2.75. The molecule has 0 bridgehead atoms. The minimum atomic E-state index is -0.520. The highest BCUT2D eigenvalue weighted by molar-refractivity contribution is 9.10. The topological polar surface area (TPSA) is 64.3 Å². The number of carbonyl (C=O) groups is 1. The summed E-state index contributed by atoms with van der Waals surface area (Å²) in [4.78, 5) is 11.3. The van der Waals surface area contributed by atoms with Gasteiger partial charge in [0.15, 0.2) is 0 Å². The van der Waals surface area contributed by atoms with Gasteiger partial charge in [-0.3, -0.25) is 0 Å². The lowest BCUT2D eigenvalue weighted by Gasteiger charge is -2.16. The van der Waals surface area contributed by atoms with E-state index >= 15 is 0 Å². The van der Waals surface area contributed by atoms with Gasteiger partial charge in [0.05, 0.1) is 7.11 Å². The smallest absolute Gasteiger partial charge is 0.329 e. The number of para-hydroxylation sites is 1. The number of benzene rings is 1. The predicted molar refractivity (Wildman–Crippen MR) is 62.6 cm³/mol. The molecule has 1 atom stereocenters. The average Bonchev–Trinajstić information content (AvgIpc) is 2.27. The molecule has 0 aliphatic carbocycles. The Morgan fingerprint density at radius 1 is 1.60 bits per heavy atom. The second-order valence-electron chi connectivity index (χ2n) is 2.94. The molecule has 1 aromatic carbocycles. The molecule has 1 aromatic rings. The van der Waals surface area contributed by atoms with Crippen molar-refractivity contribution in [2.24, 2.45) is 5.73 Å². The lowest BCUT2D eigenvalue weighted by atomic mass is 10.2. The van der Waals surface area contributed by atoms with E-state index in [4.69, 9.17) is 5.73 Å². The van der Waals surface area contributed by atoms with Gasteiger partial charge in [-0.2, -0.15) is 0 Å². The molecule has 0 amide bonds. The van der Waals surface area contributed by atoms with Gasteiger partial charge in [0.2, 0.25) is 0 Å². The number of nitrogens with two attached hydrogens (primary N) is 1. The van der Waals surface area contributed by atoms with Gasteiger partial charge < -0.3 is 15.8 Å². The van der Waals surface area contributed by atoms with E-state index in [1.165, 1.54) is 7.11 Å². The summed E-state index contributed by atoms with van der Waals surface area (Å²) in [5.41, 5.74) is 6.29. The lowest BCUT2D eigenvalue weighted by molar-refractivity contribution is -0.141. The second kappa shape index (κ2) is 5.72. The number of methoxy groups -OCH3 is 1. The Morgan fingerprint density at radius 3 is 2.80 bits per heavy atom. The zero-order valence-corrected chi connectivity index (χ0v) is 9.95. The van der Waals surface area contributed by atoms with E-state index in [0.29, 0.717) is 0 Å². The van der Waals surface area contributed by atoms with Crippen molar-refractivity contribution in [3.8, 4) is 0 Å². The van der Waals surface area contributed by atoms with Crippen molar-refractivity contribution >= 4 is 27.6 Å². The van der Waals surface area contributed by atoms with Gasteiger partial charge in [-0.15, -0.1) is 0 Å². The second-order valence-corrected chi connectivity index (χ2v) is 3.79. The van der Waals surface area contributed by atoms with Crippen LogP contribution in [0.5, 0.6) is 0 Å². The molecule has 3 N–H and O–H groups in total. The molecule has 0 saturated heterocycles. The quantitative estimate of drug-likeness (QED) is 0.813. The predicted octanol–water partition coefficient (Wildman–Crippen LogP) is 1.36. The average molecular weight is 273 g/mol. The molecule has 4 nitrogen and oxygen atoms in total. The Labute approximate surface area is 96.9 Å². The Morgan fingerprint density at radius 2 is 2.27 bits per heavy atom. The molecule has 0 aliphatic rings. The van der Waals surface area contributed by atoms with E-state index in [2.05, 4.69) is 26.0 Å². The fourth-order valence-electron chi connectivity index (χ4n) is 1.12. The van der Waals surface area contributed by atoms with Crippen LogP contribution < -0.4 is 11.1 Å². The van der Waals surface area contributed by atoms with Crippen LogP contribution in [0.25, 0.3) is 0 Å². The SMILES string of the molecule is COC(=O)C(CN)Nc1ccccc1Br. The third kappa shape index (κ3) is 3.21. The van der Waals surface area contributed by atoms with Crippen LogP contribution in [0.4, 0.5) is 5.69 Å².